The van der Waals surface area contributed by atoms with Crippen molar-refractivity contribution >= 4 is 29.5 Å². The average molecular weight is 348 g/mol. The Morgan fingerprint density at radius 2 is 2.08 bits per heavy atom. The van der Waals surface area contributed by atoms with Gasteiger partial charge in [0, 0.05) is 16.8 Å². The van der Waals surface area contributed by atoms with Gasteiger partial charge in [0.2, 0.25) is 0 Å². The van der Waals surface area contributed by atoms with Gasteiger partial charge < -0.3 is 14.9 Å². The topological polar surface area (TPSA) is 79.1 Å². The van der Waals surface area contributed by atoms with Gasteiger partial charge in [0.15, 0.2) is 0 Å². The van der Waals surface area contributed by atoms with E-state index in [-0.39, 0.29) is 11.3 Å². The molecule has 5 nitrogen and oxygen atoms in total. The summed E-state index contributed by atoms with van der Waals surface area (Å²) in [7, 11) is 0. The van der Waals surface area contributed by atoms with Crippen molar-refractivity contribution in [1.29, 1.82) is 0 Å². The summed E-state index contributed by atoms with van der Waals surface area (Å²) in [6.07, 6.45) is 3.53. The Labute approximate surface area is 145 Å². The highest BCUT2D eigenvalue weighted by molar-refractivity contribution is 6.30. The Hall–Kier alpha value is -2.53. The average Bonchev–Trinajstić information content (AvgIpc) is 2.55. The number of unbranched alkanes of at least 4 members (excludes halogenated alkanes) is 1. The zero-order chi connectivity index (χ0) is 17.5. The van der Waals surface area contributed by atoms with Crippen molar-refractivity contribution in [3.8, 4) is 11.5 Å². The van der Waals surface area contributed by atoms with E-state index in [1.54, 1.807) is 24.4 Å². The lowest BCUT2D eigenvalue weighted by molar-refractivity contribution is 0.0694. The maximum atomic E-state index is 11.0. The van der Waals surface area contributed by atoms with Crippen molar-refractivity contribution in [2.75, 3.05) is 6.61 Å². The van der Waals surface area contributed by atoms with E-state index in [2.05, 4.69) is 11.9 Å². The minimum Gasteiger partial charge on any atom is -0.507 e. The van der Waals surface area contributed by atoms with Crippen molar-refractivity contribution in [1.82, 2.24) is 0 Å². The zero-order valence-corrected chi connectivity index (χ0v) is 14.0. The number of aromatic hydroxyl groups is 1. The number of benzene rings is 2. The van der Waals surface area contributed by atoms with E-state index in [9.17, 15) is 9.90 Å². The van der Waals surface area contributed by atoms with Gasteiger partial charge in [0.05, 0.1) is 12.3 Å². The van der Waals surface area contributed by atoms with Crippen LogP contribution in [0.5, 0.6) is 11.5 Å². The van der Waals surface area contributed by atoms with E-state index in [1.807, 2.05) is 0 Å². The third kappa shape index (κ3) is 4.73. The molecule has 6 heteroatoms. The summed E-state index contributed by atoms with van der Waals surface area (Å²) >= 11 is 6.02. The van der Waals surface area contributed by atoms with Crippen molar-refractivity contribution in [2.24, 2.45) is 4.99 Å². The molecule has 0 unspecified atom stereocenters. The molecule has 0 radical (unpaired) electrons. The normalized spacial score (nSPS) is 10.9. The monoisotopic (exact) mass is 347 g/mol. The Balaban J connectivity index is 2.26. The minimum absolute atomic E-state index is 0.199. The number of hydrogen-bond acceptors (Lipinski definition) is 4. The number of halogens is 1. The second-order valence-corrected chi connectivity index (χ2v) is 5.59. The molecule has 0 amide bonds. The largest absolute Gasteiger partial charge is 0.507 e. The molecule has 2 rings (SSSR count). The van der Waals surface area contributed by atoms with Crippen LogP contribution >= 0.6 is 11.6 Å². The van der Waals surface area contributed by atoms with Crippen LogP contribution in [0, 0.1) is 0 Å². The lowest BCUT2D eigenvalue weighted by Gasteiger charge is -2.09. The fourth-order valence-electron chi connectivity index (χ4n) is 2.00. The van der Waals surface area contributed by atoms with Crippen LogP contribution in [-0.2, 0) is 0 Å². The second-order valence-electron chi connectivity index (χ2n) is 5.15. The van der Waals surface area contributed by atoms with Crippen LogP contribution < -0.4 is 4.74 Å². The molecule has 2 aromatic carbocycles. The molecule has 0 aliphatic heterocycles. The summed E-state index contributed by atoms with van der Waals surface area (Å²) in [6.45, 7) is 2.68. The number of hydrogen-bond donors (Lipinski definition) is 2. The van der Waals surface area contributed by atoms with Crippen molar-refractivity contribution in [2.45, 2.75) is 19.8 Å². The van der Waals surface area contributed by atoms with E-state index >= 15 is 0 Å². The van der Waals surface area contributed by atoms with Gasteiger partial charge in [-0.15, -0.1) is 0 Å². The summed E-state index contributed by atoms with van der Waals surface area (Å²) in [5.41, 5.74) is 0.906. The summed E-state index contributed by atoms with van der Waals surface area (Å²) in [5.74, 6) is -0.850. The predicted molar refractivity (Wildman–Crippen MR) is 94.2 cm³/mol. The van der Waals surface area contributed by atoms with Crippen LogP contribution in [-0.4, -0.2) is 29.0 Å². The molecule has 2 N–H and O–H groups in total. The molecule has 0 aliphatic rings. The minimum atomic E-state index is -1.21. The van der Waals surface area contributed by atoms with E-state index in [0.29, 0.717) is 28.6 Å². The maximum Gasteiger partial charge on any atom is 0.339 e. The van der Waals surface area contributed by atoms with E-state index in [4.69, 9.17) is 21.4 Å². The molecule has 0 fully saturated rings. The number of carboxylic acid groups (broad SMARTS) is 1. The van der Waals surface area contributed by atoms with Gasteiger partial charge in [-0.2, -0.15) is 0 Å². The lowest BCUT2D eigenvalue weighted by Crippen LogP contribution is -1.99. The van der Waals surface area contributed by atoms with Crippen LogP contribution in [0.25, 0.3) is 0 Å². The van der Waals surface area contributed by atoms with Gasteiger partial charge in [-0.1, -0.05) is 24.9 Å². The van der Waals surface area contributed by atoms with Crippen LogP contribution in [0.15, 0.2) is 41.4 Å². The Bertz CT molecular complexity index is 759. The summed E-state index contributed by atoms with van der Waals surface area (Å²) < 4.78 is 5.72. The number of aliphatic imine (C=N–C) groups is 1. The maximum absolute atomic E-state index is 11.0. The smallest absolute Gasteiger partial charge is 0.339 e. The fourth-order valence-corrected chi connectivity index (χ4v) is 2.18. The fraction of sp³-hybridized carbons (Fsp3) is 0.222. The third-order valence-electron chi connectivity index (χ3n) is 3.29. The van der Waals surface area contributed by atoms with Gasteiger partial charge in [-0.05, 0) is 42.8 Å². The van der Waals surface area contributed by atoms with Gasteiger partial charge >= 0.3 is 5.97 Å². The molecule has 0 aliphatic carbocycles. The van der Waals surface area contributed by atoms with Gasteiger partial charge in [0.25, 0.3) is 0 Å². The lowest BCUT2D eigenvalue weighted by atomic mass is 10.1. The van der Waals surface area contributed by atoms with Crippen LogP contribution in [0.1, 0.15) is 35.7 Å². The van der Waals surface area contributed by atoms with Crippen molar-refractivity contribution < 1.29 is 19.7 Å². The number of ether oxygens (including phenoxy) is 1. The van der Waals surface area contributed by atoms with Crippen LogP contribution in [0.3, 0.4) is 0 Å². The quantitative estimate of drug-likeness (QED) is 0.563. The van der Waals surface area contributed by atoms with Crippen molar-refractivity contribution in [3.05, 3.63) is 52.5 Å². The molecular formula is C18H18ClNO4. The SMILES string of the molecule is CCCCOc1ccc(Cl)cc1C=Nc1ccc(O)c(C(=O)O)c1. The number of phenols is 1. The predicted octanol–water partition coefficient (Wildman–Crippen LogP) is 4.67. The molecule has 0 spiro atoms. The van der Waals surface area contributed by atoms with Gasteiger partial charge in [-0.3, -0.25) is 4.99 Å². The molecule has 0 aromatic heterocycles. The van der Waals surface area contributed by atoms with E-state index in [1.165, 1.54) is 18.2 Å². The molecule has 126 valence electrons. The van der Waals surface area contributed by atoms with Crippen LogP contribution in [0.4, 0.5) is 5.69 Å². The summed E-state index contributed by atoms with van der Waals surface area (Å²) in [5, 5.41) is 19.1. The molecule has 0 atom stereocenters. The second kappa shape index (κ2) is 8.36. The number of carbonyl (C=O) groups is 1. The molecular weight excluding hydrogens is 330 g/mol. The van der Waals surface area contributed by atoms with E-state index < -0.39 is 5.97 Å². The first-order chi connectivity index (χ1) is 11.5. The number of nitrogens with zero attached hydrogens (tertiary/aromatic N) is 1. The highest BCUT2D eigenvalue weighted by Crippen LogP contribution is 2.25. The van der Waals surface area contributed by atoms with Gasteiger partial charge in [-0.25, -0.2) is 4.79 Å². The summed E-state index contributed by atoms with van der Waals surface area (Å²) in [4.78, 5) is 15.3. The van der Waals surface area contributed by atoms with Crippen molar-refractivity contribution in [3.63, 3.8) is 0 Å². The first-order valence-corrected chi connectivity index (χ1v) is 7.91. The third-order valence-corrected chi connectivity index (χ3v) is 3.53. The molecule has 0 saturated carbocycles. The van der Waals surface area contributed by atoms with Crippen LogP contribution in [0.2, 0.25) is 5.02 Å². The molecule has 24 heavy (non-hydrogen) atoms. The first kappa shape index (κ1) is 17.8. The highest BCUT2D eigenvalue weighted by atomic mass is 35.5. The molecule has 0 bridgehead atoms. The molecule has 2 aromatic rings. The zero-order valence-electron chi connectivity index (χ0n) is 13.2. The number of carboxylic acids is 1. The first-order valence-electron chi connectivity index (χ1n) is 7.54. The van der Waals surface area contributed by atoms with E-state index in [0.717, 1.165) is 12.8 Å². The number of aromatic carboxylic acids is 1. The highest BCUT2D eigenvalue weighted by Gasteiger charge is 2.10. The Kier molecular flexibility index (Phi) is 6.21. The number of rotatable bonds is 7. The Morgan fingerprint density at radius 3 is 2.79 bits per heavy atom. The van der Waals surface area contributed by atoms with Gasteiger partial charge in [0.1, 0.15) is 17.1 Å². The Morgan fingerprint density at radius 1 is 1.29 bits per heavy atom. The summed E-state index contributed by atoms with van der Waals surface area (Å²) in [6, 6.07) is 9.37. The molecule has 0 heterocycles. The molecule has 0 saturated heterocycles. The standard InChI is InChI=1S/C18H18ClNO4/c1-2-3-8-24-17-7-4-13(19)9-12(17)11-20-14-5-6-16(21)15(10-14)18(22)23/h4-7,9-11,21H,2-3,8H2,1H3,(H,22,23).